The average Bonchev–Trinajstić information content (AvgIpc) is 2.86. The van der Waals surface area contributed by atoms with Crippen molar-refractivity contribution in [2.75, 3.05) is 10.8 Å². The van der Waals surface area contributed by atoms with Crippen LogP contribution in [0.3, 0.4) is 0 Å². The van der Waals surface area contributed by atoms with E-state index in [9.17, 15) is 23.3 Å². The van der Waals surface area contributed by atoms with Gasteiger partial charge in [0.2, 0.25) is 0 Å². The first-order chi connectivity index (χ1) is 10.4. The molecule has 112 valence electrons. The third kappa shape index (κ3) is 2.04. The highest BCUT2D eigenvalue weighted by atomic mass is 32.2. The van der Waals surface area contributed by atoms with Crippen molar-refractivity contribution in [3.8, 4) is 0 Å². The maximum Gasteiger partial charge on any atom is 0.289 e. The first-order valence-corrected chi connectivity index (χ1v) is 7.75. The van der Waals surface area contributed by atoms with E-state index in [1.807, 2.05) is 0 Å². The number of anilines is 1. The van der Waals surface area contributed by atoms with Crippen molar-refractivity contribution in [2.45, 2.75) is 4.90 Å². The van der Waals surface area contributed by atoms with Crippen LogP contribution in [0.5, 0.6) is 0 Å². The summed E-state index contributed by atoms with van der Waals surface area (Å²) in [4.78, 5) is 21.8. The molecule has 0 N–H and O–H groups in total. The van der Waals surface area contributed by atoms with Gasteiger partial charge in [-0.25, -0.2) is 8.42 Å². The molecule has 0 saturated carbocycles. The second-order valence-electron chi connectivity index (χ2n) is 4.68. The SMILES string of the molecule is O=C1CN(S(=O)(=O)c2ccccc2[N+](=O)[O-])c2ccccc21. The number of nitro groups is 1. The van der Waals surface area contributed by atoms with E-state index in [2.05, 4.69) is 0 Å². The lowest BCUT2D eigenvalue weighted by Crippen LogP contribution is -2.30. The predicted molar refractivity (Wildman–Crippen MR) is 78.4 cm³/mol. The minimum absolute atomic E-state index is 0.241. The molecule has 0 aliphatic carbocycles. The molecule has 2 aromatic rings. The lowest BCUT2D eigenvalue weighted by Gasteiger charge is -2.18. The summed E-state index contributed by atoms with van der Waals surface area (Å²) < 4.78 is 26.4. The molecule has 0 atom stereocenters. The highest BCUT2D eigenvalue weighted by Crippen LogP contribution is 2.35. The number of carbonyl (C=O) groups excluding carboxylic acids is 1. The molecule has 0 fully saturated rings. The molecule has 1 heterocycles. The Morgan fingerprint density at radius 3 is 2.41 bits per heavy atom. The number of hydrogen-bond acceptors (Lipinski definition) is 5. The van der Waals surface area contributed by atoms with Gasteiger partial charge in [-0.15, -0.1) is 0 Å². The van der Waals surface area contributed by atoms with Gasteiger partial charge in [-0.2, -0.15) is 0 Å². The van der Waals surface area contributed by atoms with Gasteiger partial charge in [0.25, 0.3) is 15.7 Å². The fraction of sp³-hybridized carbons (Fsp3) is 0.0714. The number of ketones is 1. The molecule has 0 unspecified atom stereocenters. The van der Waals surface area contributed by atoms with E-state index in [1.54, 1.807) is 12.1 Å². The molecule has 7 nitrogen and oxygen atoms in total. The van der Waals surface area contributed by atoms with E-state index >= 15 is 0 Å². The Kier molecular flexibility index (Phi) is 3.18. The minimum Gasteiger partial charge on any atom is -0.292 e. The number of nitro benzene ring substituents is 1. The van der Waals surface area contributed by atoms with Crippen LogP contribution in [0.4, 0.5) is 11.4 Å². The number of hydrogen-bond donors (Lipinski definition) is 0. The molecule has 0 bridgehead atoms. The third-order valence-electron chi connectivity index (χ3n) is 3.39. The van der Waals surface area contributed by atoms with Crippen molar-refractivity contribution >= 4 is 27.2 Å². The van der Waals surface area contributed by atoms with Gasteiger partial charge < -0.3 is 0 Å². The molecule has 1 aliphatic heterocycles. The molecule has 2 aromatic carbocycles. The molecule has 8 heteroatoms. The molecule has 3 rings (SSSR count). The Hall–Kier alpha value is -2.74. The third-order valence-corrected chi connectivity index (χ3v) is 5.20. The zero-order chi connectivity index (χ0) is 15.9. The number of benzene rings is 2. The van der Waals surface area contributed by atoms with E-state index in [0.717, 1.165) is 10.4 Å². The van der Waals surface area contributed by atoms with Crippen molar-refractivity contribution in [1.29, 1.82) is 0 Å². The van der Waals surface area contributed by atoms with Crippen molar-refractivity contribution in [3.63, 3.8) is 0 Å². The van der Waals surface area contributed by atoms with Crippen molar-refractivity contribution in [1.82, 2.24) is 0 Å². The van der Waals surface area contributed by atoms with Crippen LogP contribution < -0.4 is 4.31 Å². The molecule has 0 radical (unpaired) electrons. The lowest BCUT2D eigenvalue weighted by atomic mass is 10.1. The minimum atomic E-state index is -4.19. The van der Waals surface area contributed by atoms with E-state index in [-0.39, 0.29) is 18.0 Å². The summed E-state index contributed by atoms with van der Waals surface area (Å²) in [6.45, 7) is -0.353. The summed E-state index contributed by atoms with van der Waals surface area (Å²) >= 11 is 0. The first-order valence-electron chi connectivity index (χ1n) is 6.31. The fourth-order valence-corrected chi connectivity index (χ4v) is 3.99. The number of carbonyl (C=O) groups is 1. The highest BCUT2D eigenvalue weighted by Gasteiger charge is 2.38. The zero-order valence-corrected chi connectivity index (χ0v) is 12.0. The van der Waals surface area contributed by atoms with Crippen LogP contribution in [0.1, 0.15) is 10.4 Å². The van der Waals surface area contributed by atoms with Crippen LogP contribution in [-0.4, -0.2) is 25.7 Å². The topological polar surface area (TPSA) is 97.6 Å². The Bertz CT molecular complexity index is 892. The van der Waals surface area contributed by atoms with E-state index in [0.29, 0.717) is 5.56 Å². The van der Waals surface area contributed by atoms with Gasteiger partial charge in [0.1, 0.15) is 0 Å². The molecule has 0 spiro atoms. The average molecular weight is 318 g/mol. The molecular weight excluding hydrogens is 308 g/mol. The molecule has 0 saturated heterocycles. The zero-order valence-electron chi connectivity index (χ0n) is 11.2. The smallest absolute Gasteiger partial charge is 0.289 e. The van der Waals surface area contributed by atoms with E-state index in [4.69, 9.17) is 0 Å². The molecule has 1 aliphatic rings. The number of nitrogens with zero attached hydrogens (tertiary/aromatic N) is 2. The Balaban J connectivity index is 2.18. The summed E-state index contributed by atoms with van der Waals surface area (Å²) in [5, 5.41) is 11.0. The summed E-state index contributed by atoms with van der Waals surface area (Å²) in [6.07, 6.45) is 0. The number of para-hydroxylation sites is 2. The predicted octanol–water partition coefficient (Wildman–Crippen LogP) is 1.99. The summed E-state index contributed by atoms with van der Waals surface area (Å²) in [5.74, 6) is -0.335. The van der Waals surface area contributed by atoms with Crippen LogP contribution in [0.15, 0.2) is 53.4 Å². The second kappa shape index (κ2) is 4.92. The molecular formula is C14H10N2O5S. The van der Waals surface area contributed by atoms with E-state index in [1.165, 1.54) is 30.3 Å². The van der Waals surface area contributed by atoms with Gasteiger partial charge in [-0.1, -0.05) is 24.3 Å². The highest BCUT2D eigenvalue weighted by molar-refractivity contribution is 7.93. The first kappa shape index (κ1) is 14.2. The van der Waals surface area contributed by atoms with Gasteiger partial charge in [0, 0.05) is 11.6 Å². The van der Waals surface area contributed by atoms with Gasteiger partial charge in [-0.05, 0) is 18.2 Å². The number of rotatable bonds is 3. The quantitative estimate of drug-likeness (QED) is 0.636. The van der Waals surface area contributed by atoms with E-state index < -0.39 is 25.5 Å². The standard InChI is InChI=1S/C14H10N2O5S/c17-13-9-15(11-6-2-1-5-10(11)13)22(20,21)14-8-4-3-7-12(14)16(18)19/h1-8H,9H2. The molecule has 0 amide bonds. The van der Waals surface area contributed by atoms with Crippen molar-refractivity contribution in [2.24, 2.45) is 0 Å². The maximum atomic E-state index is 12.7. The van der Waals surface area contributed by atoms with Crippen LogP contribution in [0, 0.1) is 10.1 Å². The Labute approximate surface area is 126 Å². The van der Waals surface area contributed by atoms with Gasteiger partial charge in [0.15, 0.2) is 10.7 Å². The number of sulfonamides is 1. The molecule has 0 aromatic heterocycles. The lowest BCUT2D eigenvalue weighted by molar-refractivity contribution is -0.387. The van der Waals surface area contributed by atoms with Crippen LogP contribution in [-0.2, 0) is 10.0 Å². The number of Topliss-reactive ketones (excluding diaryl/α,β-unsaturated/α-hetero) is 1. The normalized spacial score (nSPS) is 14.0. The maximum absolute atomic E-state index is 12.7. The molecule has 22 heavy (non-hydrogen) atoms. The van der Waals surface area contributed by atoms with Crippen LogP contribution >= 0.6 is 0 Å². The van der Waals surface area contributed by atoms with Gasteiger partial charge in [-0.3, -0.25) is 19.2 Å². The van der Waals surface area contributed by atoms with Gasteiger partial charge >= 0.3 is 0 Å². The summed E-state index contributed by atoms with van der Waals surface area (Å²) in [6, 6.07) is 11.4. The van der Waals surface area contributed by atoms with Gasteiger partial charge in [0.05, 0.1) is 17.2 Å². The van der Waals surface area contributed by atoms with Crippen LogP contribution in [0.2, 0.25) is 0 Å². The second-order valence-corrected chi connectivity index (χ2v) is 6.51. The Morgan fingerprint density at radius 1 is 1.05 bits per heavy atom. The van der Waals surface area contributed by atoms with Crippen molar-refractivity contribution in [3.05, 3.63) is 64.2 Å². The fourth-order valence-electron chi connectivity index (χ4n) is 2.39. The largest absolute Gasteiger partial charge is 0.292 e. The number of fused-ring (bicyclic) bond motifs is 1. The Morgan fingerprint density at radius 2 is 1.68 bits per heavy atom. The summed E-state index contributed by atoms with van der Waals surface area (Å²) in [7, 11) is -4.19. The van der Waals surface area contributed by atoms with Crippen LogP contribution in [0.25, 0.3) is 0 Å². The van der Waals surface area contributed by atoms with Crippen molar-refractivity contribution < 1.29 is 18.1 Å². The monoisotopic (exact) mass is 318 g/mol. The summed E-state index contributed by atoms with van der Waals surface area (Å²) in [5.41, 5.74) is 0.0228.